The number of nitrogens with one attached hydrogen (secondary N) is 2. The molecule has 0 amide bonds. The van der Waals surface area contributed by atoms with Crippen molar-refractivity contribution >= 4 is 5.95 Å². The number of nitrogens with zero attached hydrogens (tertiary/aromatic N) is 4. The number of aromatic nitrogens is 4. The van der Waals surface area contributed by atoms with Crippen LogP contribution in [-0.2, 0) is 13.5 Å². The highest BCUT2D eigenvalue weighted by Crippen LogP contribution is 2.36. The smallest absolute Gasteiger partial charge is 0.223 e. The molecule has 0 spiro atoms. The highest BCUT2D eigenvalue weighted by atomic mass is 19.1. The number of aryl methyl sites for hydroxylation is 1. The van der Waals surface area contributed by atoms with Gasteiger partial charge in [-0.3, -0.25) is 4.68 Å². The Bertz CT molecular complexity index is 890. The monoisotopic (exact) mass is 410 g/mol. The first-order valence-electron chi connectivity index (χ1n) is 11.1. The molecule has 2 heterocycles. The summed E-state index contributed by atoms with van der Waals surface area (Å²) < 4.78 is 16.4. The van der Waals surface area contributed by atoms with Crippen LogP contribution in [0.4, 0.5) is 10.3 Å². The largest absolute Gasteiger partial charge is 0.351 e. The van der Waals surface area contributed by atoms with Crippen LogP contribution in [0, 0.1) is 24.1 Å². The van der Waals surface area contributed by atoms with Crippen molar-refractivity contribution in [3.63, 3.8) is 0 Å². The third kappa shape index (κ3) is 5.17. The molecule has 0 radical (unpaired) electrons. The number of terminal acetylenes is 1. The summed E-state index contributed by atoms with van der Waals surface area (Å²) in [5, 5.41) is 11.4. The topological polar surface area (TPSA) is 67.7 Å². The molecule has 30 heavy (non-hydrogen) atoms. The normalized spacial score (nSPS) is 21.4. The van der Waals surface area contributed by atoms with Crippen molar-refractivity contribution in [1.82, 2.24) is 25.1 Å². The molecule has 0 saturated heterocycles. The van der Waals surface area contributed by atoms with Crippen LogP contribution in [0.5, 0.6) is 0 Å². The summed E-state index contributed by atoms with van der Waals surface area (Å²) in [6.07, 6.45) is 17.9. The van der Waals surface area contributed by atoms with Gasteiger partial charge >= 0.3 is 0 Å². The first-order chi connectivity index (χ1) is 14.6. The summed E-state index contributed by atoms with van der Waals surface area (Å²) in [6, 6.07) is 0.859. The predicted molar refractivity (Wildman–Crippen MR) is 116 cm³/mol. The molecule has 0 atom stereocenters. The van der Waals surface area contributed by atoms with Gasteiger partial charge in [0.15, 0.2) is 5.82 Å². The van der Waals surface area contributed by atoms with E-state index in [1.165, 1.54) is 19.0 Å². The van der Waals surface area contributed by atoms with E-state index in [0.29, 0.717) is 29.6 Å². The number of hydrogen-bond donors (Lipinski definition) is 2. The van der Waals surface area contributed by atoms with E-state index < -0.39 is 5.82 Å². The lowest BCUT2D eigenvalue weighted by atomic mass is 9.91. The van der Waals surface area contributed by atoms with Gasteiger partial charge in [-0.1, -0.05) is 0 Å². The van der Waals surface area contributed by atoms with Crippen LogP contribution in [-0.4, -0.2) is 38.4 Å². The third-order valence-electron chi connectivity index (χ3n) is 6.23. The summed E-state index contributed by atoms with van der Waals surface area (Å²) in [5.41, 5.74) is 2.19. The van der Waals surface area contributed by atoms with E-state index in [9.17, 15) is 4.39 Å². The minimum Gasteiger partial charge on any atom is -0.351 e. The molecule has 2 fully saturated rings. The molecule has 2 aliphatic carbocycles. The fraction of sp³-hybridized carbons (Fsp3) is 0.609. The number of unbranched alkanes of at least 4 members (excludes halogenated alkanes) is 1. The Morgan fingerprint density at radius 2 is 1.93 bits per heavy atom. The van der Waals surface area contributed by atoms with Gasteiger partial charge in [-0.25, -0.2) is 14.4 Å². The van der Waals surface area contributed by atoms with Crippen molar-refractivity contribution in [3.05, 3.63) is 23.9 Å². The summed E-state index contributed by atoms with van der Waals surface area (Å²) in [7, 11) is 1.92. The van der Waals surface area contributed by atoms with Crippen molar-refractivity contribution in [3.8, 4) is 23.6 Å². The molecule has 160 valence electrons. The SMILES string of the molecule is C#CCCCN[C@H]1CC[C@H](Nc2ncc(F)c(-c3cnn(C)c3CC3CC3)n2)CC1. The van der Waals surface area contributed by atoms with Crippen molar-refractivity contribution in [2.24, 2.45) is 13.0 Å². The van der Waals surface area contributed by atoms with Crippen molar-refractivity contribution in [1.29, 1.82) is 0 Å². The quantitative estimate of drug-likeness (QED) is 0.487. The fourth-order valence-corrected chi connectivity index (χ4v) is 4.24. The van der Waals surface area contributed by atoms with Gasteiger partial charge in [0.1, 0.15) is 5.69 Å². The lowest BCUT2D eigenvalue weighted by Gasteiger charge is -2.29. The Labute approximate surface area is 178 Å². The minimum absolute atomic E-state index is 0.312. The van der Waals surface area contributed by atoms with Gasteiger partial charge in [-0.2, -0.15) is 5.10 Å². The second-order valence-corrected chi connectivity index (χ2v) is 8.62. The molecule has 2 saturated carbocycles. The molecule has 0 bridgehead atoms. The van der Waals surface area contributed by atoms with Gasteiger partial charge in [0, 0.05) is 36.8 Å². The maximum atomic E-state index is 14.6. The van der Waals surface area contributed by atoms with Crippen molar-refractivity contribution < 1.29 is 4.39 Å². The summed E-state index contributed by atoms with van der Waals surface area (Å²) >= 11 is 0. The fourth-order valence-electron chi connectivity index (χ4n) is 4.24. The van der Waals surface area contributed by atoms with Crippen LogP contribution in [0.2, 0.25) is 0 Å². The Hall–Kier alpha value is -2.46. The highest BCUT2D eigenvalue weighted by molar-refractivity contribution is 5.63. The Kier molecular flexibility index (Phi) is 6.63. The first-order valence-corrected chi connectivity index (χ1v) is 11.1. The van der Waals surface area contributed by atoms with Gasteiger partial charge in [0.05, 0.1) is 12.4 Å². The zero-order chi connectivity index (χ0) is 20.9. The molecule has 2 aromatic rings. The summed E-state index contributed by atoms with van der Waals surface area (Å²) in [6.45, 7) is 0.978. The van der Waals surface area contributed by atoms with E-state index in [-0.39, 0.29) is 0 Å². The van der Waals surface area contributed by atoms with Crippen LogP contribution >= 0.6 is 0 Å². The molecule has 0 aromatic carbocycles. The van der Waals surface area contributed by atoms with E-state index in [1.807, 2.05) is 11.7 Å². The second kappa shape index (κ2) is 9.57. The zero-order valence-electron chi connectivity index (χ0n) is 17.7. The zero-order valence-corrected chi connectivity index (χ0v) is 17.7. The van der Waals surface area contributed by atoms with Crippen LogP contribution in [0.25, 0.3) is 11.3 Å². The molecule has 2 aliphatic rings. The lowest BCUT2D eigenvalue weighted by Crippen LogP contribution is -2.37. The van der Waals surface area contributed by atoms with Crippen molar-refractivity contribution in [2.45, 2.75) is 69.9 Å². The number of hydrogen-bond acceptors (Lipinski definition) is 5. The van der Waals surface area contributed by atoms with Gasteiger partial charge in [-0.05, 0) is 63.8 Å². The Balaban J connectivity index is 1.37. The van der Waals surface area contributed by atoms with E-state index in [4.69, 9.17) is 6.42 Å². The Morgan fingerprint density at radius 1 is 1.17 bits per heavy atom. The van der Waals surface area contributed by atoms with Crippen molar-refractivity contribution in [2.75, 3.05) is 11.9 Å². The molecular weight excluding hydrogens is 379 g/mol. The molecule has 7 heteroatoms. The molecule has 6 nitrogen and oxygen atoms in total. The Morgan fingerprint density at radius 3 is 2.67 bits per heavy atom. The van der Waals surface area contributed by atoms with E-state index in [2.05, 4.69) is 31.6 Å². The first kappa shape index (κ1) is 20.8. The van der Waals surface area contributed by atoms with Crippen LogP contribution < -0.4 is 10.6 Å². The average Bonchev–Trinajstić information content (AvgIpc) is 3.50. The predicted octanol–water partition coefficient (Wildman–Crippen LogP) is 3.69. The summed E-state index contributed by atoms with van der Waals surface area (Å²) in [4.78, 5) is 8.74. The lowest BCUT2D eigenvalue weighted by molar-refractivity contribution is 0.353. The van der Waals surface area contributed by atoms with Gasteiger partial charge < -0.3 is 10.6 Å². The molecule has 0 aliphatic heterocycles. The summed E-state index contributed by atoms with van der Waals surface area (Å²) in [5.74, 6) is 3.47. The number of halogens is 1. The number of anilines is 1. The molecule has 2 aromatic heterocycles. The third-order valence-corrected chi connectivity index (χ3v) is 6.23. The average molecular weight is 411 g/mol. The molecular formula is C23H31FN6. The molecule has 4 rings (SSSR count). The highest BCUT2D eigenvalue weighted by Gasteiger charge is 2.27. The standard InChI is InChI=1S/C23H31FN6/c1-3-4-5-12-25-17-8-10-18(11-9-17)28-23-26-15-20(24)22(29-23)19-14-27-30(2)21(19)13-16-6-7-16/h1,14-18,25H,4-13H2,2H3,(H,26,28,29)/t17-,18-. The maximum Gasteiger partial charge on any atom is 0.223 e. The van der Waals surface area contributed by atoms with Gasteiger partial charge in [0.2, 0.25) is 5.95 Å². The van der Waals surface area contributed by atoms with Crippen LogP contribution in [0.3, 0.4) is 0 Å². The van der Waals surface area contributed by atoms with Crippen LogP contribution in [0.15, 0.2) is 12.4 Å². The van der Waals surface area contributed by atoms with E-state index in [1.54, 1.807) is 6.20 Å². The molecule has 2 N–H and O–H groups in total. The molecule has 0 unspecified atom stereocenters. The van der Waals surface area contributed by atoms with Gasteiger partial charge in [0.25, 0.3) is 0 Å². The second-order valence-electron chi connectivity index (χ2n) is 8.62. The van der Waals surface area contributed by atoms with E-state index >= 15 is 0 Å². The van der Waals surface area contributed by atoms with Gasteiger partial charge in [-0.15, -0.1) is 12.3 Å². The minimum atomic E-state index is -0.398. The van der Waals surface area contributed by atoms with Crippen LogP contribution in [0.1, 0.15) is 57.1 Å². The van der Waals surface area contributed by atoms with E-state index in [0.717, 1.165) is 62.7 Å². The maximum absolute atomic E-state index is 14.6. The number of rotatable bonds is 9.